The summed E-state index contributed by atoms with van der Waals surface area (Å²) in [6.07, 6.45) is -0.0457. The van der Waals surface area contributed by atoms with Gasteiger partial charge in [0.2, 0.25) is 0 Å². The minimum atomic E-state index is -3.21. The first-order valence-electron chi connectivity index (χ1n) is 4.03. The average Bonchev–Trinajstić information content (AvgIpc) is 2.29. The van der Waals surface area contributed by atoms with Crippen LogP contribution in [0.3, 0.4) is 0 Å². The molecule has 1 rings (SSSR count). The van der Waals surface area contributed by atoms with Crippen molar-refractivity contribution in [1.29, 1.82) is 0 Å². The van der Waals surface area contributed by atoms with Crippen LogP contribution in [0, 0.1) is 6.92 Å². The summed E-state index contributed by atoms with van der Waals surface area (Å²) in [6, 6.07) is 0. The number of sulfone groups is 1. The maximum atomic E-state index is 10.9. The van der Waals surface area contributed by atoms with E-state index in [4.69, 9.17) is 0 Å². The normalized spacial score (nSPS) is 14.3. The fraction of sp³-hybridized carbons (Fsp3) is 0.714. The predicted octanol–water partition coefficient (Wildman–Crippen LogP) is -0.798. The third kappa shape index (κ3) is 2.52. The first-order chi connectivity index (χ1) is 6.31. The van der Waals surface area contributed by atoms with Gasteiger partial charge in [-0.15, -0.1) is 10.2 Å². The van der Waals surface area contributed by atoms with Crippen LogP contribution in [0.1, 0.15) is 17.8 Å². The molecule has 0 aliphatic rings. The Balaban J connectivity index is 2.90. The number of aromatic nitrogens is 3. The first-order valence-corrected chi connectivity index (χ1v) is 6.09. The van der Waals surface area contributed by atoms with E-state index in [9.17, 15) is 13.5 Å². The minimum absolute atomic E-state index is 0.271. The number of hydrogen-bond donors (Lipinski definition) is 1. The van der Waals surface area contributed by atoms with E-state index in [1.807, 2.05) is 0 Å². The number of hydrogen-bond acceptors (Lipinski definition) is 5. The highest BCUT2D eigenvalue weighted by molar-refractivity contribution is 7.90. The van der Waals surface area contributed by atoms with Crippen molar-refractivity contribution in [2.45, 2.75) is 13.0 Å². The highest BCUT2D eigenvalue weighted by Gasteiger charge is 2.19. The molecule has 0 spiro atoms. The van der Waals surface area contributed by atoms with Crippen molar-refractivity contribution in [3.8, 4) is 0 Å². The topological polar surface area (TPSA) is 85.1 Å². The van der Waals surface area contributed by atoms with Gasteiger partial charge in [0.15, 0.2) is 5.82 Å². The van der Waals surface area contributed by atoms with Gasteiger partial charge < -0.3 is 9.67 Å². The lowest BCUT2D eigenvalue weighted by Gasteiger charge is -2.08. The van der Waals surface area contributed by atoms with Gasteiger partial charge in [-0.25, -0.2) is 8.42 Å². The standard InChI is InChI=1S/C7H13N3O3S/c1-5-8-9-7(10(5)2)6(11)4-14(3,12)13/h6,11H,4H2,1-3H3. The lowest BCUT2D eigenvalue weighted by Crippen LogP contribution is -2.16. The van der Waals surface area contributed by atoms with Crippen LogP contribution in [0.15, 0.2) is 0 Å². The van der Waals surface area contributed by atoms with Gasteiger partial charge in [-0.3, -0.25) is 0 Å². The number of aliphatic hydroxyl groups is 1. The molecule has 0 aliphatic carbocycles. The maximum Gasteiger partial charge on any atom is 0.162 e. The van der Waals surface area contributed by atoms with Crippen molar-refractivity contribution in [2.75, 3.05) is 12.0 Å². The van der Waals surface area contributed by atoms with Gasteiger partial charge in [0.05, 0.1) is 5.75 Å². The molecule has 1 N–H and O–H groups in total. The minimum Gasteiger partial charge on any atom is -0.384 e. The summed E-state index contributed by atoms with van der Waals surface area (Å²) in [5, 5.41) is 17.0. The second-order valence-electron chi connectivity index (χ2n) is 3.27. The third-order valence-corrected chi connectivity index (χ3v) is 2.81. The number of aryl methyl sites for hydroxylation is 1. The molecule has 7 heteroatoms. The Bertz CT molecular complexity index is 423. The summed E-state index contributed by atoms with van der Waals surface area (Å²) in [6.45, 7) is 1.73. The summed E-state index contributed by atoms with van der Waals surface area (Å²) in [5.41, 5.74) is 0. The summed E-state index contributed by atoms with van der Waals surface area (Å²) in [4.78, 5) is 0. The molecule has 0 fully saturated rings. The highest BCUT2D eigenvalue weighted by Crippen LogP contribution is 2.11. The predicted molar refractivity (Wildman–Crippen MR) is 50.4 cm³/mol. The lowest BCUT2D eigenvalue weighted by atomic mass is 10.4. The fourth-order valence-electron chi connectivity index (χ4n) is 1.08. The molecule has 1 aromatic heterocycles. The van der Waals surface area contributed by atoms with Crippen molar-refractivity contribution in [3.63, 3.8) is 0 Å². The Hall–Kier alpha value is -0.950. The van der Waals surface area contributed by atoms with Gasteiger partial charge >= 0.3 is 0 Å². The molecular formula is C7H13N3O3S. The first kappa shape index (κ1) is 11.1. The molecular weight excluding hydrogens is 206 g/mol. The van der Waals surface area contributed by atoms with Crippen LogP contribution in [0.5, 0.6) is 0 Å². The SMILES string of the molecule is Cc1nnc(C(O)CS(C)(=O)=O)n1C. The molecule has 1 heterocycles. The van der Waals surface area contributed by atoms with Gasteiger partial charge in [0.25, 0.3) is 0 Å². The van der Waals surface area contributed by atoms with Crippen molar-refractivity contribution < 1.29 is 13.5 Å². The second-order valence-corrected chi connectivity index (χ2v) is 5.46. The van der Waals surface area contributed by atoms with Gasteiger partial charge in [0.1, 0.15) is 21.8 Å². The summed E-state index contributed by atoms with van der Waals surface area (Å²) < 4.78 is 23.4. The van der Waals surface area contributed by atoms with Gasteiger partial charge in [-0.2, -0.15) is 0 Å². The van der Waals surface area contributed by atoms with Crippen LogP contribution in [0.4, 0.5) is 0 Å². The molecule has 14 heavy (non-hydrogen) atoms. The van der Waals surface area contributed by atoms with Crippen molar-refractivity contribution >= 4 is 9.84 Å². The second kappa shape index (κ2) is 3.66. The lowest BCUT2D eigenvalue weighted by molar-refractivity contribution is 0.187. The van der Waals surface area contributed by atoms with Crippen molar-refractivity contribution in [2.24, 2.45) is 7.05 Å². The molecule has 0 aromatic carbocycles. The zero-order chi connectivity index (χ0) is 10.9. The largest absolute Gasteiger partial charge is 0.384 e. The quantitative estimate of drug-likeness (QED) is 0.719. The van der Waals surface area contributed by atoms with E-state index in [2.05, 4.69) is 10.2 Å². The Morgan fingerprint density at radius 1 is 1.50 bits per heavy atom. The van der Waals surface area contributed by atoms with E-state index in [0.717, 1.165) is 6.26 Å². The zero-order valence-electron chi connectivity index (χ0n) is 8.30. The molecule has 1 unspecified atom stereocenters. The molecule has 0 saturated carbocycles. The Kier molecular flexibility index (Phi) is 2.91. The van der Waals surface area contributed by atoms with E-state index in [0.29, 0.717) is 5.82 Å². The van der Waals surface area contributed by atoms with Crippen molar-refractivity contribution in [1.82, 2.24) is 14.8 Å². The van der Waals surface area contributed by atoms with Crippen LogP contribution in [-0.2, 0) is 16.9 Å². The highest BCUT2D eigenvalue weighted by atomic mass is 32.2. The molecule has 6 nitrogen and oxygen atoms in total. The molecule has 0 aliphatic heterocycles. The Morgan fingerprint density at radius 3 is 2.43 bits per heavy atom. The number of nitrogens with zero attached hydrogens (tertiary/aromatic N) is 3. The molecule has 1 aromatic rings. The summed E-state index contributed by atoms with van der Waals surface area (Å²) in [5.74, 6) is 0.569. The van der Waals surface area contributed by atoms with E-state index in [1.54, 1.807) is 18.5 Å². The summed E-state index contributed by atoms with van der Waals surface area (Å²) in [7, 11) is -1.53. The van der Waals surface area contributed by atoms with Crippen LogP contribution >= 0.6 is 0 Å². The average molecular weight is 219 g/mol. The van der Waals surface area contributed by atoms with E-state index in [1.165, 1.54) is 0 Å². The molecule has 0 amide bonds. The van der Waals surface area contributed by atoms with E-state index in [-0.39, 0.29) is 11.6 Å². The van der Waals surface area contributed by atoms with Gasteiger partial charge in [-0.05, 0) is 6.92 Å². The monoisotopic (exact) mass is 219 g/mol. The number of aliphatic hydroxyl groups excluding tert-OH is 1. The fourth-order valence-corrected chi connectivity index (χ4v) is 1.80. The van der Waals surface area contributed by atoms with Crippen LogP contribution in [0.25, 0.3) is 0 Å². The maximum absolute atomic E-state index is 10.9. The van der Waals surface area contributed by atoms with E-state index >= 15 is 0 Å². The van der Waals surface area contributed by atoms with E-state index < -0.39 is 15.9 Å². The third-order valence-electron chi connectivity index (χ3n) is 1.88. The molecule has 0 radical (unpaired) electrons. The van der Waals surface area contributed by atoms with Crippen molar-refractivity contribution in [3.05, 3.63) is 11.6 Å². The molecule has 0 saturated heterocycles. The van der Waals surface area contributed by atoms with Gasteiger partial charge in [-0.1, -0.05) is 0 Å². The molecule has 0 bridgehead atoms. The van der Waals surface area contributed by atoms with Crippen LogP contribution in [0.2, 0.25) is 0 Å². The molecule has 80 valence electrons. The van der Waals surface area contributed by atoms with Crippen LogP contribution in [-0.4, -0.2) is 40.3 Å². The molecule has 1 atom stereocenters. The zero-order valence-corrected chi connectivity index (χ0v) is 9.11. The van der Waals surface area contributed by atoms with Crippen LogP contribution < -0.4 is 0 Å². The Morgan fingerprint density at radius 2 is 2.07 bits per heavy atom. The van der Waals surface area contributed by atoms with Gasteiger partial charge in [0, 0.05) is 13.3 Å². The Labute approximate surface area is 82.5 Å². The number of rotatable bonds is 3. The smallest absolute Gasteiger partial charge is 0.162 e. The summed E-state index contributed by atoms with van der Waals surface area (Å²) >= 11 is 0.